The number of nitrogens with one attached hydrogen (secondary N) is 1. The molecule has 114 valence electrons. The molecule has 1 atom stereocenters. The number of benzene rings is 1. The Balaban J connectivity index is 1.88. The monoisotopic (exact) mass is 316 g/mol. The second-order valence-corrected chi connectivity index (χ2v) is 6.19. The second-order valence-electron chi connectivity index (χ2n) is 5.12. The fourth-order valence-electron chi connectivity index (χ4n) is 2.40. The molecule has 2 aromatic heterocycles. The topological polar surface area (TPSA) is 42.7 Å². The van der Waals surface area contributed by atoms with Crippen LogP contribution in [0.4, 0.5) is 4.39 Å². The largest absolute Gasteiger partial charge is 0.336 e. The van der Waals surface area contributed by atoms with Crippen molar-refractivity contribution >= 4 is 11.3 Å². The highest BCUT2D eigenvalue weighted by molar-refractivity contribution is 7.09. The Morgan fingerprint density at radius 2 is 2.27 bits per heavy atom. The van der Waals surface area contributed by atoms with E-state index in [0.29, 0.717) is 6.54 Å². The van der Waals surface area contributed by atoms with Gasteiger partial charge in [0.1, 0.15) is 11.6 Å². The molecule has 0 radical (unpaired) electrons. The number of rotatable bonds is 5. The minimum absolute atomic E-state index is 0.183. The molecule has 4 nitrogen and oxygen atoms in total. The Morgan fingerprint density at radius 1 is 1.41 bits per heavy atom. The normalized spacial score (nSPS) is 12.5. The molecule has 1 aromatic carbocycles. The number of imidazole rings is 1. The van der Waals surface area contributed by atoms with Crippen molar-refractivity contribution < 1.29 is 4.39 Å². The van der Waals surface area contributed by atoms with Crippen LogP contribution in [-0.4, -0.2) is 14.5 Å². The van der Waals surface area contributed by atoms with Gasteiger partial charge in [0.25, 0.3) is 0 Å². The molecular weight excluding hydrogens is 299 g/mol. The first-order valence-electron chi connectivity index (χ1n) is 7.00. The SMILES string of the molecule is Cc1nc(CN[C@H](c2cccc(F)c2)c2nccn2C)cs1. The summed E-state index contributed by atoms with van der Waals surface area (Å²) in [4.78, 5) is 8.85. The molecule has 0 aliphatic carbocycles. The minimum atomic E-state index is -0.247. The first-order chi connectivity index (χ1) is 10.6. The molecule has 0 unspecified atom stereocenters. The van der Waals surface area contributed by atoms with E-state index in [1.54, 1.807) is 29.7 Å². The number of nitrogens with zero attached hydrogens (tertiary/aromatic N) is 3. The van der Waals surface area contributed by atoms with Crippen molar-refractivity contribution in [1.29, 1.82) is 0 Å². The third-order valence-corrected chi connectivity index (χ3v) is 4.27. The molecular formula is C16H17FN4S. The summed E-state index contributed by atoms with van der Waals surface area (Å²) in [6, 6.07) is 6.43. The first kappa shape index (κ1) is 14.9. The van der Waals surface area contributed by atoms with Crippen LogP contribution in [0.25, 0.3) is 0 Å². The highest BCUT2D eigenvalue weighted by atomic mass is 32.1. The van der Waals surface area contributed by atoms with Gasteiger partial charge >= 0.3 is 0 Å². The van der Waals surface area contributed by atoms with Gasteiger partial charge in [-0.1, -0.05) is 12.1 Å². The van der Waals surface area contributed by atoms with Gasteiger partial charge in [-0.3, -0.25) is 5.32 Å². The number of halogens is 1. The van der Waals surface area contributed by atoms with Gasteiger partial charge in [0.05, 0.1) is 16.7 Å². The van der Waals surface area contributed by atoms with E-state index in [4.69, 9.17) is 0 Å². The van der Waals surface area contributed by atoms with Gasteiger partial charge in [-0.15, -0.1) is 11.3 Å². The zero-order valence-corrected chi connectivity index (χ0v) is 13.3. The molecule has 0 bridgehead atoms. The summed E-state index contributed by atoms with van der Waals surface area (Å²) >= 11 is 1.62. The van der Waals surface area contributed by atoms with E-state index in [9.17, 15) is 4.39 Å². The maximum absolute atomic E-state index is 13.6. The van der Waals surface area contributed by atoms with E-state index >= 15 is 0 Å². The first-order valence-corrected chi connectivity index (χ1v) is 7.88. The van der Waals surface area contributed by atoms with Crippen molar-refractivity contribution in [3.63, 3.8) is 0 Å². The summed E-state index contributed by atoms with van der Waals surface area (Å²) in [5.74, 6) is 0.598. The van der Waals surface area contributed by atoms with Crippen LogP contribution in [-0.2, 0) is 13.6 Å². The Bertz CT molecular complexity index is 765. The molecule has 0 aliphatic rings. The summed E-state index contributed by atoms with van der Waals surface area (Å²) in [7, 11) is 1.93. The van der Waals surface area contributed by atoms with Crippen molar-refractivity contribution in [1.82, 2.24) is 19.9 Å². The summed E-state index contributed by atoms with van der Waals surface area (Å²) in [6.45, 7) is 2.59. The van der Waals surface area contributed by atoms with Crippen LogP contribution in [0.5, 0.6) is 0 Å². The predicted molar refractivity (Wildman–Crippen MR) is 85.1 cm³/mol. The molecule has 2 heterocycles. The Morgan fingerprint density at radius 3 is 2.91 bits per heavy atom. The standard InChI is InChI=1S/C16H17FN4S/c1-11-20-14(10-22-11)9-19-15(16-18-6-7-21(16)2)12-4-3-5-13(17)8-12/h3-8,10,15,19H,9H2,1-2H3/t15-/m1/s1. The number of hydrogen-bond donors (Lipinski definition) is 1. The molecule has 0 amide bonds. The van der Waals surface area contributed by atoms with E-state index in [-0.39, 0.29) is 11.9 Å². The lowest BCUT2D eigenvalue weighted by molar-refractivity contribution is 0.547. The van der Waals surface area contributed by atoms with Crippen LogP contribution in [0.2, 0.25) is 0 Å². The van der Waals surface area contributed by atoms with E-state index in [1.165, 1.54) is 6.07 Å². The van der Waals surface area contributed by atoms with Gasteiger partial charge in [-0.25, -0.2) is 14.4 Å². The van der Waals surface area contributed by atoms with Crippen LogP contribution in [0.15, 0.2) is 42.0 Å². The molecule has 0 spiro atoms. The zero-order chi connectivity index (χ0) is 15.5. The van der Waals surface area contributed by atoms with Crippen LogP contribution < -0.4 is 5.32 Å². The highest BCUT2D eigenvalue weighted by Gasteiger charge is 2.18. The minimum Gasteiger partial charge on any atom is -0.336 e. The number of thiazole rings is 1. The Labute approximate surface area is 132 Å². The summed E-state index contributed by atoms with van der Waals surface area (Å²) in [5.41, 5.74) is 1.83. The maximum Gasteiger partial charge on any atom is 0.130 e. The number of aromatic nitrogens is 3. The number of aryl methyl sites for hydroxylation is 2. The smallest absolute Gasteiger partial charge is 0.130 e. The third kappa shape index (κ3) is 3.23. The van der Waals surface area contributed by atoms with Gasteiger partial charge in [0, 0.05) is 31.4 Å². The van der Waals surface area contributed by atoms with Crippen LogP contribution in [0, 0.1) is 12.7 Å². The molecule has 3 rings (SSSR count). The summed E-state index contributed by atoms with van der Waals surface area (Å²) in [5, 5.41) is 6.50. The van der Waals surface area contributed by atoms with Gasteiger partial charge in [0.15, 0.2) is 0 Å². The fraction of sp³-hybridized carbons (Fsp3) is 0.250. The molecule has 0 saturated carbocycles. The predicted octanol–water partition coefficient (Wildman–Crippen LogP) is 3.20. The molecule has 0 fully saturated rings. The van der Waals surface area contributed by atoms with Crippen LogP contribution in [0.3, 0.4) is 0 Å². The van der Waals surface area contributed by atoms with E-state index in [1.807, 2.05) is 36.2 Å². The molecule has 6 heteroatoms. The summed E-state index contributed by atoms with van der Waals surface area (Å²) < 4.78 is 15.5. The van der Waals surface area contributed by atoms with Gasteiger partial charge in [0.2, 0.25) is 0 Å². The Hall–Kier alpha value is -2.05. The van der Waals surface area contributed by atoms with Gasteiger partial charge in [-0.2, -0.15) is 0 Å². The average Bonchev–Trinajstić information content (AvgIpc) is 3.09. The molecule has 3 aromatic rings. The van der Waals surface area contributed by atoms with E-state index in [0.717, 1.165) is 22.1 Å². The van der Waals surface area contributed by atoms with Crippen molar-refractivity contribution in [2.75, 3.05) is 0 Å². The van der Waals surface area contributed by atoms with Crippen molar-refractivity contribution in [3.8, 4) is 0 Å². The Kier molecular flexibility index (Phi) is 4.31. The quantitative estimate of drug-likeness (QED) is 0.786. The summed E-state index contributed by atoms with van der Waals surface area (Å²) in [6.07, 6.45) is 3.63. The van der Waals surface area contributed by atoms with E-state index < -0.39 is 0 Å². The molecule has 0 saturated heterocycles. The third-order valence-electron chi connectivity index (χ3n) is 3.45. The van der Waals surface area contributed by atoms with Gasteiger partial charge in [-0.05, 0) is 24.6 Å². The molecule has 1 N–H and O–H groups in total. The zero-order valence-electron chi connectivity index (χ0n) is 12.5. The lowest BCUT2D eigenvalue weighted by Gasteiger charge is -2.18. The number of hydrogen-bond acceptors (Lipinski definition) is 4. The van der Waals surface area contributed by atoms with Crippen molar-refractivity contribution in [3.05, 3.63) is 69.9 Å². The lowest BCUT2D eigenvalue weighted by atomic mass is 10.1. The molecule has 22 heavy (non-hydrogen) atoms. The molecule has 0 aliphatic heterocycles. The van der Waals surface area contributed by atoms with Crippen molar-refractivity contribution in [2.24, 2.45) is 7.05 Å². The maximum atomic E-state index is 13.6. The van der Waals surface area contributed by atoms with Crippen molar-refractivity contribution in [2.45, 2.75) is 19.5 Å². The lowest BCUT2D eigenvalue weighted by Crippen LogP contribution is -2.25. The average molecular weight is 316 g/mol. The fourth-order valence-corrected chi connectivity index (χ4v) is 3.01. The second kappa shape index (κ2) is 6.37. The van der Waals surface area contributed by atoms with Gasteiger partial charge < -0.3 is 4.57 Å². The van der Waals surface area contributed by atoms with Crippen LogP contribution >= 0.6 is 11.3 Å². The van der Waals surface area contributed by atoms with E-state index in [2.05, 4.69) is 15.3 Å². The van der Waals surface area contributed by atoms with Crippen LogP contribution in [0.1, 0.15) is 28.1 Å². The highest BCUT2D eigenvalue weighted by Crippen LogP contribution is 2.22.